The first-order chi connectivity index (χ1) is 36.1. The van der Waals surface area contributed by atoms with E-state index in [2.05, 4.69) is 138 Å². The van der Waals surface area contributed by atoms with Gasteiger partial charge in [-0.2, -0.15) is 0 Å². The van der Waals surface area contributed by atoms with Crippen molar-refractivity contribution in [1.82, 2.24) is 29.5 Å². The van der Waals surface area contributed by atoms with Crippen LogP contribution in [-0.2, 0) is 0 Å². The summed E-state index contributed by atoms with van der Waals surface area (Å²) in [4.78, 5) is 24.7. The lowest BCUT2D eigenvalue weighted by atomic mass is 9.97. The Balaban J connectivity index is 0.801. The number of para-hydroxylation sites is 5. The van der Waals surface area contributed by atoms with Crippen LogP contribution in [0.15, 0.2) is 239 Å². The molecule has 0 aliphatic heterocycles. The summed E-state index contributed by atoms with van der Waals surface area (Å²) in [6.45, 7) is 0. The van der Waals surface area contributed by atoms with Gasteiger partial charge in [-0.05, 0) is 112 Å². The minimum absolute atomic E-state index is 0.550. The summed E-state index contributed by atoms with van der Waals surface area (Å²) in [5.41, 5.74) is 13.3. The molecule has 340 valence electrons. The van der Waals surface area contributed by atoms with Crippen molar-refractivity contribution in [3.05, 3.63) is 231 Å². The molecule has 73 heavy (non-hydrogen) atoms. The summed E-state index contributed by atoms with van der Waals surface area (Å²) in [5, 5.41) is 9.56. The molecule has 15 rings (SSSR count). The molecule has 0 saturated carbocycles. The van der Waals surface area contributed by atoms with Gasteiger partial charge in [0.1, 0.15) is 11.0 Å². The number of hydrogen-bond acceptors (Lipinski definition) is 7. The van der Waals surface area contributed by atoms with E-state index in [1.165, 1.54) is 43.4 Å². The van der Waals surface area contributed by atoms with Gasteiger partial charge >= 0.3 is 0 Å². The van der Waals surface area contributed by atoms with Crippen LogP contribution in [0.25, 0.3) is 150 Å². The highest BCUT2D eigenvalue weighted by Crippen LogP contribution is 2.41. The molecule has 0 spiro atoms. The SMILES string of the molecule is c1ccc(-n2c3c4ccccc4ccc3c3ccc4cc(-c5ccc6cc(-c7nc(-c8ccc(-c9nc%10ccccc%10o9)cc8)nc(-c8ccc(-c9nc%10ccccc%10o9)cc8)n7)ccc6c5)ccc4c32)cc1. The van der Waals surface area contributed by atoms with Crippen molar-refractivity contribution in [2.24, 2.45) is 0 Å². The Hall–Kier alpha value is -10.1. The van der Waals surface area contributed by atoms with Gasteiger partial charge in [0.05, 0.1) is 11.0 Å². The molecule has 0 fully saturated rings. The van der Waals surface area contributed by atoms with Crippen LogP contribution in [0.3, 0.4) is 0 Å². The summed E-state index contributed by atoms with van der Waals surface area (Å²) in [5.74, 6) is 2.78. The third-order valence-electron chi connectivity index (χ3n) is 14.1. The van der Waals surface area contributed by atoms with Crippen molar-refractivity contribution < 1.29 is 8.83 Å². The molecular weight excluding hydrogens is 897 g/mol. The van der Waals surface area contributed by atoms with Gasteiger partial charge < -0.3 is 13.4 Å². The van der Waals surface area contributed by atoms with Gasteiger partial charge in [-0.1, -0.05) is 152 Å². The first-order valence-corrected chi connectivity index (χ1v) is 24.3. The fraction of sp³-hybridized carbons (Fsp3) is 0. The number of aromatic nitrogens is 6. The zero-order chi connectivity index (χ0) is 48.0. The second kappa shape index (κ2) is 16.3. The van der Waals surface area contributed by atoms with Crippen molar-refractivity contribution in [2.75, 3.05) is 0 Å². The number of rotatable bonds is 7. The Morgan fingerprint density at radius 3 is 1.29 bits per heavy atom. The van der Waals surface area contributed by atoms with Crippen molar-refractivity contribution in [3.63, 3.8) is 0 Å². The van der Waals surface area contributed by atoms with E-state index in [0.717, 1.165) is 77.6 Å². The maximum atomic E-state index is 6.08. The van der Waals surface area contributed by atoms with Gasteiger partial charge in [-0.25, -0.2) is 24.9 Å². The number of nitrogens with zero attached hydrogens (tertiary/aromatic N) is 6. The van der Waals surface area contributed by atoms with Crippen molar-refractivity contribution >= 4 is 76.3 Å². The minimum atomic E-state index is 0.550. The largest absolute Gasteiger partial charge is 0.436 e. The molecule has 8 nitrogen and oxygen atoms in total. The molecule has 11 aromatic carbocycles. The van der Waals surface area contributed by atoms with E-state index in [4.69, 9.17) is 33.8 Å². The molecule has 4 heterocycles. The lowest BCUT2D eigenvalue weighted by Gasteiger charge is -2.12. The summed E-state index contributed by atoms with van der Waals surface area (Å²) in [7, 11) is 0. The van der Waals surface area contributed by atoms with Gasteiger partial charge in [0.15, 0.2) is 28.6 Å². The topological polar surface area (TPSA) is 95.7 Å². The highest BCUT2D eigenvalue weighted by atomic mass is 16.4. The quantitative estimate of drug-likeness (QED) is 0.157. The molecular formula is C65H38N6O2. The number of fused-ring (bicyclic) bond motifs is 10. The lowest BCUT2D eigenvalue weighted by Crippen LogP contribution is -2.00. The first-order valence-electron chi connectivity index (χ1n) is 24.3. The van der Waals surface area contributed by atoms with Gasteiger partial charge in [0, 0.05) is 55.0 Å². The molecule has 0 saturated heterocycles. The standard InChI is InChI=1S/C65H38N6O2/c1-2-11-50(12-3-1)71-59-51-13-5-4-10-39(51)30-34-53(59)54-35-32-48-37-47(31-33-52(48)60(54)71)44-26-27-46-38-49(29-28-45(46)36-44)63-69-61(40-18-22-42(23-19-40)64-66-55-14-6-8-16-57(55)72-64)68-62(70-63)41-20-24-43(25-21-41)65-67-56-15-7-9-17-58(56)73-65/h1-38H. The van der Waals surface area contributed by atoms with E-state index in [0.29, 0.717) is 29.3 Å². The van der Waals surface area contributed by atoms with Crippen LogP contribution in [0, 0.1) is 0 Å². The second-order valence-electron chi connectivity index (χ2n) is 18.5. The van der Waals surface area contributed by atoms with Crippen molar-refractivity contribution in [3.8, 4) is 73.9 Å². The third-order valence-corrected chi connectivity index (χ3v) is 14.1. The van der Waals surface area contributed by atoms with Crippen LogP contribution in [0.5, 0.6) is 0 Å². The molecule has 0 bridgehead atoms. The Bertz CT molecular complexity index is 4470. The zero-order valence-electron chi connectivity index (χ0n) is 38.9. The molecule has 0 unspecified atom stereocenters. The van der Waals surface area contributed by atoms with Crippen LogP contribution in [0.4, 0.5) is 0 Å². The van der Waals surface area contributed by atoms with E-state index < -0.39 is 0 Å². The lowest BCUT2D eigenvalue weighted by molar-refractivity contribution is 0.619. The first kappa shape index (κ1) is 40.8. The van der Waals surface area contributed by atoms with Crippen LogP contribution in [0.1, 0.15) is 0 Å². The van der Waals surface area contributed by atoms with Crippen LogP contribution in [-0.4, -0.2) is 29.5 Å². The Morgan fingerprint density at radius 1 is 0.274 bits per heavy atom. The molecule has 0 radical (unpaired) electrons. The highest BCUT2D eigenvalue weighted by molar-refractivity contribution is 6.24. The van der Waals surface area contributed by atoms with Gasteiger partial charge in [-0.3, -0.25) is 0 Å². The predicted octanol–water partition coefficient (Wildman–Crippen LogP) is 16.7. The number of benzene rings is 11. The van der Waals surface area contributed by atoms with Crippen LogP contribution < -0.4 is 0 Å². The average molecular weight is 935 g/mol. The third kappa shape index (κ3) is 6.88. The molecule has 0 amide bonds. The smallest absolute Gasteiger partial charge is 0.227 e. The normalized spacial score (nSPS) is 11.8. The summed E-state index contributed by atoms with van der Waals surface area (Å²) in [6, 6.07) is 80.0. The maximum Gasteiger partial charge on any atom is 0.227 e. The van der Waals surface area contributed by atoms with E-state index in [1.54, 1.807) is 0 Å². The molecule has 15 aromatic rings. The van der Waals surface area contributed by atoms with Gasteiger partial charge in [-0.15, -0.1) is 0 Å². The fourth-order valence-electron chi connectivity index (χ4n) is 10.5. The van der Waals surface area contributed by atoms with Gasteiger partial charge in [0.25, 0.3) is 0 Å². The Kier molecular flexibility index (Phi) is 9.09. The second-order valence-corrected chi connectivity index (χ2v) is 18.5. The van der Waals surface area contributed by atoms with Crippen LogP contribution >= 0.6 is 0 Å². The Labute approximate surface area is 417 Å². The molecule has 0 aliphatic rings. The zero-order valence-corrected chi connectivity index (χ0v) is 38.9. The molecule has 0 aliphatic carbocycles. The number of hydrogen-bond donors (Lipinski definition) is 0. The Morgan fingerprint density at radius 2 is 0.685 bits per heavy atom. The molecule has 0 N–H and O–H groups in total. The van der Waals surface area contributed by atoms with E-state index in [-0.39, 0.29) is 0 Å². The van der Waals surface area contributed by atoms with E-state index in [1.807, 2.05) is 97.1 Å². The van der Waals surface area contributed by atoms with E-state index >= 15 is 0 Å². The molecule has 8 heteroatoms. The maximum absolute atomic E-state index is 6.08. The summed E-state index contributed by atoms with van der Waals surface area (Å²) < 4.78 is 14.6. The molecule has 0 atom stereocenters. The summed E-state index contributed by atoms with van der Waals surface area (Å²) >= 11 is 0. The van der Waals surface area contributed by atoms with Crippen LogP contribution in [0.2, 0.25) is 0 Å². The summed E-state index contributed by atoms with van der Waals surface area (Å²) in [6.07, 6.45) is 0. The highest BCUT2D eigenvalue weighted by Gasteiger charge is 2.19. The van der Waals surface area contributed by atoms with Crippen molar-refractivity contribution in [2.45, 2.75) is 0 Å². The predicted molar refractivity (Wildman–Crippen MR) is 294 cm³/mol. The molecule has 4 aromatic heterocycles. The van der Waals surface area contributed by atoms with Gasteiger partial charge in [0.2, 0.25) is 11.8 Å². The average Bonchev–Trinajstić information content (AvgIpc) is 4.20. The van der Waals surface area contributed by atoms with E-state index in [9.17, 15) is 0 Å². The fourth-order valence-corrected chi connectivity index (χ4v) is 10.5. The number of oxazole rings is 2. The van der Waals surface area contributed by atoms with Crippen molar-refractivity contribution in [1.29, 1.82) is 0 Å². The monoisotopic (exact) mass is 934 g/mol. The minimum Gasteiger partial charge on any atom is -0.436 e.